The van der Waals surface area contributed by atoms with Gasteiger partial charge in [0.25, 0.3) is 0 Å². The van der Waals surface area contributed by atoms with Crippen molar-refractivity contribution in [1.29, 1.82) is 0 Å². The number of hydrogen-bond acceptors (Lipinski definition) is 1. The first-order valence-electron chi connectivity index (χ1n) is 7.38. The normalized spacial score (nSPS) is 11.8. The predicted molar refractivity (Wildman–Crippen MR) is 97.1 cm³/mol. The highest BCUT2D eigenvalue weighted by Crippen LogP contribution is 2.35. The molecule has 0 saturated heterocycles. The van der Waals surface area contributed by atoms with Gasteiger partial charge in [0.15, 0.2) is 0 Å². The molecule has 0 bridgehead atoms. The minimum Gasteiger partial charge on any atom is -0.508 e. The van der Waals surface area contributed by atoms with Crippen LogP contribution in [0.1, 0.15) is 43.1 Å². The quantitative estimate of drug-likeness (QED) is 0.746. The molecule has 0 radical (unpaired) electrons. The smallest absolute Gasteiger partial charge is 0.115 e. The van der Waals surface area contributed by atoms with E-state index in [0.29, 0.717) is 20.0 Å². The van der Waals surface area contributed by atoms with Gasteiger partial charge in [0.1, 0.15) is 5.75 Å². The van der Waals surface area contributed by atoms with Crippen molar-refractivity contribution in [1.82, 2.24) is 0 Å². The van der Waals surface area contributed by atoms with Gasteiger partial charge in [0, 0.05) is 5.66 Å². The summed E-state index contributed by atoms with van der Waals surface area (Å²) in [7, 11) is 0.703. The average Bonchev–Trinajstić information content (AvgIpc) is 2.52. The Morgan fingerprint density at radius 1 is 1.14 bits per heavy atom. The van der Waals surface area contributed by atoms with E-state index >= 15 is 0 Å². The fourth-order valence-electron chi connectivity index (χ4n) is 2.08. The number of aryl methyl sites for hydroxylation is 1. The third-order valence-corrected chi connectivity index (χ3v) is 4.87. The molecule has 0 aliphatic carbocycles. The van der Waals surface area contributed by atoms with Crippen molar-refractivity contribution in [3.8, 4) is 5.75 Å². The first-order chi connectivity index (χ1) is 10.1. The van der Waals surface area contributed by atoms with Crippen molar-refractivity contribution in [2.75, 3.05) is 0 Å². The molecule has 2 atom stereocenters. The zero-order valence-corrected chi connectivity index (χ0v) is 14.4. The molecule has 1 N–H and O–H groups in total. The third-order valence-electron chi connectivity index (χ3n) is 3.23. The maximum absolute atomic E-state index is 9.45. The van der Waals surface area contributed by atoms with Gasteiger partial charge in [0.2, 0.25) is 0 Å². The molecule has 0 amide bonds. The number of hydrogen-bond donors (Lipinski definition) is 1. The lowest BCUT2D eigenvalue weighted by molar-refractivity contribution is 0.475. The van der Waals surface area contributed by atoms with Gasteiger partial charge in [-0.3, -0.25) is 0 Å². The topological polar surface area (TPSA) is 20.2 Å². The van der Waals surface area contributed by atoms with Crippen molar-refractivity contribution in [3.63, 3.8) is 0 Å². The third kappa shape index (κ3) is 5.02. The molecule has 0 aromatic heterocycles. The minimum absolute atomic E-state index is 0.340. The summed E-state index contributed by atoms with van der Waals surface area (Å²) in [5.41, 5.74) is 4.13. The largest absolute Gasteiger partial charge is 0.508 e. The van der Waals surface area contributed by atoms with E-state index in [1.165, 1.54) is 10.9 Å². The summed E-state index contributed by atoms with van der Waals surface area (Å²) in [5, 5.41) is 10.8. The Labute approximate surface area is 130 Å². The van der Waals surface area contributed by atoms with Gasteiger partial charge >= 0.3 is 0 Å². The highest BCUT2D eigenvalue weighted by molar-refractivity contribution is 7.47. The summed E-state index contributed by atoms with van der Waals surface area (Å²) in [6, 6.07) is 14.1. The van der Waals surface area contributed by atoms with Crippen molar-refractivity contribution in [3.05, 3.63) is 65.7 Å². The SMILES string of the molecule is C=Cc1cccc(C(C)Pc2ccc(O)cc2C)c1.CC. The number of aromatic hydroxyl groups is 1. The Hall–Kier alpha value is -1.59. The molecule has 2 aromatic rings. The van der Waals surface area contributed by atoms with Crippen molar-refractivity contribution in [2.24, 2.45) is 0 Å². The second kappa shape index (κ2) is 8.64. The first kappa shape index (κ1) is 17.5. The van der Waals surface area contributed by atoms with E-state index in [9.17, 15) is 5.11 Å². The van der Waals surface area contributed by atoms with Crippen LogP contribution in [-0.4, -0.2) is 5.11 Å². The van der Waals surface area contributed by atoms with E-state index < -0.39 is 0 Å². The lowest BCUT2D eigenvalue weighted by Crippen LogP contribution is -2.02. The molecule has 0 aliphatic rings. The van der Waals surface area contributed by atoms with Crippen molar-refractivity contribution >= 4 is 20.0 Å². The molecule has 2 unspecified atom stereocenters. The van der Waals surface area contributed by atoms with Crippen LogP contribution in [0.3, 0.4) is 0 Å². The van der Waals surface area contributed by atoms with Crippen LogP contribution >= 0.6 is 8.58 Å². The first-order valence-corrected chi connectivity index (χ1v) is 8.46. The van der Waals surface area contributed by atoms with Gasteiger partial charge in [-0.15, -0.1) is 0 Å². The fourth-order valence-corrected chi connectivity index (χ4v) is 3.37. The van der Waals surface area contributed by atoms with Gasteiger partial charge < -0.3 is 5.11 Å². The molecule has 21 heavy (non-hydrogen) atoms. The monoisotopic (exact) mass is 300 g/mol. The molecule has 0 heterocycles. The standard InChI is InChI=1S/C17H19OP.C2H6/c1-4-14-6-5-7-15(11-14)13(3)19-17-9-8-16(18)10-12(17)2;1-2/h4-11,13,18-19H,1H2,2-3H3;1-2H3. The number of phenolic OH excluding ortho intramolecular Hbond substituents is 1. The molecule has 2 aromatic carbocycles. The Kier molecular flexibility index (Phi) is 7.19. The number of benzene rings is 2. The molecular formula is C19H25OP. The van der Waals surface area contributed by atoms with Crippen LogP contribution in [0.2, 0.25) is 0 Å². The summed E-state index contributed by atoms with van der Waals surface area (Å²) in [4.78, 5) is 0. The van der Waals surface area contributed by atoms with E-state index in [2.05, 4.69) is 44.7 Å². The summed E-state index contributed by atoms with van der Waals surface area (Å²) in [6.45, 7) is 12.1. The molecule has 112 valence electrons. The van der Waals surface area contributed by atoms with Gasteiger partial charge in [0.05, 0.1) is 0 Å². The molecule has 2 heteroatoms. The van der Waals surface area contributed by atoms with Crippen molar-refractivity contribution < 1.29 is 5.11 Å². The molecule has 2 rings (SSSR count). The van der Waals surface area contributed by atoms with Crippen LogP contribution in [0.15, 0.2) is 49.0 Å². The van der Waals surface area contributed by atoms with Crippen LogP contribution in [0.5, 0.6) is 5.75 Å². The lowest BCUT2D eigenvalue weighted by Gasteiger charge is -2.15. The summed E-state index contributed by atoms with van der Waals surface area (Å²) in [6.07, 6.45) is 1.88. The maximum atomic E-state index is 9.45. The zero-order valence-electron chi connectivity index (χ0n) is 13.4. The van der Waals surface area contributed by atoms with Crippen LogP contribution in [0.25, 0.3) is 6.08 Å². The van der Waals surface area contributed by atoms with Crippen LogP contribution in [0, 0.1) is 6.92 Å². The van der Waals surface area contributed by atoms with Crippen LogP contribution in [0.4, 0.5) is 0 Å². The van der Waals surface area contributed by atoms with Crippen LogP contribution < -0.4 is 5.30 Å². The molecular weight excluding hydrogens is 275 g/mol. The summed E-state index contributed by atoms with van der Waals surface area (Å²) >= 11 is 0. The predicted octanol–water partition coefficient (Wildman–Crippen LogP) is 5.43. The van der Waals surface area contributed by atoms with Gasteiger partial charge in [-0.2, -0.15) is 0 Å². The Bertz CT molecular complexity index is 590. The Balaban J connectivity index is 0.00000106. The van der Waals surface area contributed by atoms with Gasteiger partial charge in [-0.1, -0.05) is 72.3 Å². The summed E-state index contributed by atoms with van der Waals surface area (Å²) in [5.74, 6) is 0.340. The molecule has 0 saturated carbocycles. The van der Waals surface area contributed by atoms with E-state index in [0.717, 1.165) is 11.1 Å². The molecule has 1 nitrogen and oxygen atoms in total. The molecule has 0 spiro atoms. The highest BCUT2D eigenvalue weighted by Gasteiger charge is 2.09. The zero-order chi connectivity index (χ0) is 15.8. The van der Waals surface area contributed by atoms with E-state index in [1.807, 2.05) is 32.1 Å². The minimum atomic E-state index is 0.340. The van der Waals surface area contributed by atoms with Crippen molar-refractivity contribution in [2.45, 2.75) is 33.4 Å². The van der Waals surface area contributed by atoms with Gasteiger partial charge in [-0.05, 0) is 41.1 Å². The van der Waals surface area contributed by atoms with Crippen LogP contribution in [-0.2, 0) is 0 Å². The number of phenols is 1. The molecule has 0 aliphatic heterocycles. The maximum Gasteiger partial charge on any atom is 0.115 e. The van der Waals surface area contributed by atoms with E-state index in [4.69, 9.17) is 0 Å². The Morgan fingerprint density at radius 2 is 1.86 bits per heavy atom. The number of rotatable bonds is 4. The second-order valence-electron chi connectivity index (χ2n) is 4.74. The Morgan fingerprint density at radius 3 is 2.48 bits per heavy atom. The lowest BCUT2D eigenvalue weighted by atomic mass is 10.1. The van der Waals surface area contributed by atoms with Gasteiger partial charge in [-0.25, -0.2) is 0 Å². The second-order valence-corrected chi connectivity index (χ2v) is 6.43. The molecule has 0 fully saturated rings. The van der Waals surface area contributed by atoms with E-state index in [-0.39, 0.29) is 0 Å². The average molecular weight is 300 g/mol. The van der Waals surface area contributed by atoms with E-state index in [1.54, 1.807) is 6.07 Å². The fraction of sp³-hybridized carbons (Fsp3) is 0.263. The highest BCUT2D eigenvalue weighted by atomic mass is 31.1. The summed E-state index contributed by atoms with van der Waals surface area (Å²) < 4.78 is 0.